The van der Waals surface area contributed by atoms with Gasteiger partial charge in [-0.15, -0.1) is 0 Å². The molecule has 3 rings (SSSR count). The Labute approximate surface area is 147 Å². The zero-order chi connectivity index (χ0) is 17.5. The third-order valence-corrected chi connectivity index (χ3v) is 4.52. The first-order valence-corrected chi connectivity index (χ1v) is 9.13. The van der Waals surface area contributed by atoms with Crippen LogP contribution in [-0.4, -0.2) is 50.6 Å². The fourth-order valence-corrected chi connectivity index (χ4v) is 3.15. The quantitative estimate of drug-likeness (QED) is 0.760. The van der Waals surface area contributed by atoms with Crippen LogP contribution in [-0.2, 0) is 24.1 Å². The molecule has 0 spiro atoms. The number of rotatable bonds is 8. The summed E-state index contributed by atoms with van der Waals surface area (Å²) in [5.41, 5.74) is 1.89. The van der Waals surface area contributed by atoms with Gasteiger partial charge >= 0.3 is 0 Å². The molecule has 25 heavy (non-hydrogen) atoms. The molecule has 2 aromatic rings. The van der Waals surface area contributed by atoms with Crippen LogP contribution in [0.15, 0.2) is 23.4 Å². The molecule has 2 aromatic heterocycles. The molecule has 0 aliphatic carbocycles. The predicted octanol–water partition coefficient (Wildman–Crippen LogP) is 1.67. The summed E-state index contributed by atoms with van der Waals surface area (Å²) in [5, 5.41) is 0. The Balaban J connectivity index is 1.47. The Kier molecular flexibility index (Phi) is 6.36. The molecule has 3 heterocycles. The maximum atomic E-state index is 11.3. The Morgan fingerprint density at radius 2 is 2.28 bits per heavy atom. The highest BCUT2D eigenvalue weighted by atomic mass is 16.5. The molecule has 1 aliphatic heterocycles. The Bertz CT molecular complexity index is 711. The largest absolute Gasteiger partial charge is 0.376 e. The van der Waals surface area contributed by atoms with Crippen LogP contribution >= 0.6 is 0 Å². The van der Waals surface area contributed by atoms with Gasteiger partial charge in [0.15, 0.2) is 0 Å². The Morgan fingerprint density at radius 1 is 1.36 bits per heavy atom. The van der Waals surface area contributed by atoms with Crippen molar-refractivity contribution < 1.29 is 4.74 Å². The third kappa shape index (κ3) is 5.51. The molecule has 1 saturated heterocycles. The van der Waals surface area contributed by atoms with Crippen molar-refractivity contribution in [2.75, 3.05) is 19.7 Å². The van der Waals surface area contributed by atoms with Crippen molar-refractivity contribution in [3.8, 4) is 0 Å². The molecule has 0 amide bonds. The van der Waals surface area contributed by atoms with Crippen molar-refractivity contribution in [1.29, 1.82) is 0 Å². The summed E-state index contributed by atoms with van der Waals surface area (Å²) >= 11 is 0. The number of ether oxygens (including phenoxy) is 1. The summed E-state index contributed by atoms with van der Waals surface area (Å²) in [6.07, 6.45) is 8.59. The van der Waals surface area contributed by atoms with Gasteiger partial charge in [0.2, 0.25) is 0 Å². The number of hydrogen-bond acceptors (Lipinski definition) is 5. The second-order valence-electron chi connectivity index (χ2n) is 6.63. The highest BCUT2D eigenvalue weighted by Gasteiger charge is 2.21. The van der Waals surface area contributed by atoms with E-state index in [1.165, 1.54) is 24.9 Å². The molecule has 0 bridgehead atoms. The summed E-state index contributed by atoms with van der Waals surface area (Å²) in [7, 11) is 0. The van der Waals surface area contributed by atoms with E-state index in [4.69, 9.17) is 4.74 Å². The fraction of sp³-hybridized carbons (Fsp3) is 0.611. The van der Waals surface area contributed by atoms with Crippen LogP contribution in [0.5, 0.6) is 0 Å². The third-order valence-electron chi connectivity index (χ3n) is 4.52. The lowest BCUT2D eigenvalue weighted by molar-refractivity contribution is -0.0349. The van der Waals surface area contributed by atoms with Crippen LogP contribution in [0.4, 0.5) is 0 Å². The number of aryl methyl sites for hydroxylation is 2. The minimum absolute atomic E-state index is 0.102. The van der Waals surface area contributed by atoms with Crippen LogP contribution in [0.2, 0.25) is 0 Å². The molecule has 1 aliphatic rings. The molecule has 2 N–H and O–H groups in total. The normalized spacial score (nSPS) is 18.5. The van der Waals surface area contributed by atoms with Crippen molar-refractivity contribution in [3.05, 3.63) is 46.2 Å². The number of morpholine rings is 1. The number of nitrogens with one attached hydrogen (secondary N) is 2. The second-order valence-corrected chi connectivity index (χ2v) is 6.63. The number of nitrogens with zero attached hydrogens (tertiary/aromatic N) is 3. The Morgan fingerprint density at radius 3 is 3.12 bits per heavy atom. The summed E-state index contributed by atoms with van der Waals surface area (Å²) in [6.45, 7) is 5.64. The van der Waals surface area contributed by atoms with E-state index in [1.54, 1.807) is 6.07 Å². The molecular formula is C18H27N5O2. The lowest BCUT2D eigenvalue weighted by Gasteiger charge is -2.32. The van der Waals surface area contributed by atoms with Gasteiger partial charge in [0, 0.05) is 49.7 Å². The summed E-state index contributed by atoms with van der Waals surface area (Å²) < 4.78 is 5.87. The van der Waals surface area contributed by atoms with E-state index < -0.39 is 0 Å². The van der Waals surface area contributed by atoms with Gasteiger partial charge in [0.25, 0.3) is 5.56 Å². The zero-order valence-electron chi connectivity index (χ0n) is 14.8. The van der Waals surface area contributed by atoms with Crippen molar-refractivity contribution in [2.24, 2.45) is 0 Å². The van der Waals surface area contributed by atoms with Crippen molar-refractivity contribution in [2.45, 2.75) is 51.7 Å². The maximum Gasteiger partial charge on any atom is 0.250 e. The fourth-order valence-electron chi connectivity index (χ4n) is 3.15. The van der Waals surface area contributed by atoms with Crippen LogP contribution in [0.3, 0.4) is 0 Å². The molecule has 7 heteroatoms. The number of unbranched alkanes of at least 4 members (excludes halogenated alkanes) is 1. The van der Waals surface area contributed by atoms with E-state index in [2.05, 4.69) is 31.8 Å². The SMILES string of the molecule is CCCCc1ncc(CN2CCO[C@@H](CCc3cc(=O)[nH]cn3)C2)[nH]1. The average molecular weight is 345 g/mol. The van der Waals surface area contributed by atoms with Crippen molar-refractivity contribution in [1.82, 2.24) is 24.8 Å². The second kappa shape index (κ2) is 8.92. The molecule has 0 radical (unpaired) electrons. The molecule has 0 aromatic carbocycles. The number of imidazole rings is 1. The lowest BCUT2D eigenvalue weighted by atomic mass is 10.1. The van der Waals surface area contributed by atoms with Crippen LogP contribution in [0, 0.1) is 0 Å². The minimum atomic E-state index is -0.102. The van der Waals surface area contributed by atoms with Gasteiger partial charge in [-0.05, 0) is 19.3 Å². The number of aromatic amines is 2. The number of H-pyrrole nitrogens is 2. The monoisotopic (exact) mass is 345 g/mol. The van der Waals surface area contributed by atoms with Gasteiger partial charge in [0.1, 0.15) is 5.82 Å². The van der Waals surface area contributed by atoms with Gasteiger partial charge < -0.3 is 14.7 Å². The van der Waals surface area contributed by atoms with Crippen molar-refractivity contribution in [3.63, 3.8) is 0 Å². The standard InChI is InChI=1S/C18H27N5O2/c1-2-3-4-17-19-10-15(22-17)11-23-7-8-25-16(12-23)6-5-14-9-18(24)21-13-20-14/h9-10,13,16H,2-8,11-12H2,1H3,(H,19,22)(H,20,21,24)/t16-/m0/s1. The van der Waals surface area contributed by atoms with Crippen LogP contribution in [0.25, 0.3) is 0 Å². The van der Waals surface area contributed by atoms with Gasteiger partial charge in [-0.3, -0.25) is 9.69 Å². The van der Waals surface area contributed by atoms with E-state index in [1.807, 2.05) is 6.20 Å². The van der Waals surface area contributed by atoms with Crippen molar-refractivity contribution >= 4 is 0 Å². The number of aromatic nitrogens is 4. The van der Waals surface area contributed by atoms with Gasteiger partial charge in [-0.1, -0.05) is 13.3 Å². The van der Waals surface area contributed by atoms with Crippen LogP contribution < -0.4 is 5.56 Å². The van der Waals surface area contributed by atoms with E-state index in [-0.39, 0.29) is 11.7 Å². The minimum Gasteiger partial charge on any atom is -0.376 e. The Hall–Kier alpha value is -1.99. The van der Waals surface area contributed by atoms with Gasteiger partial charge in [-0.25, -0.2) is 9.97 Å². The van der Waals surface area contributed by atoms with Crippen LogP contribution in [0.1, 0.15) is 43.4 Å². The van der Waals surface area contributed by atoms with Gasteiger partial charge in [0.05, 0.1) is 19.0 Å². The molecule has 136 valence electrons. The summed E-state index contributed by atoms with van der Waals surface area (Å²) in [5.74, 6) is 1.09. The molecule has 1 atom stereocenters. The summed E-state index contributed by atoms with van der Waals surface area (Å²) in [4.78, 5) is 28.4. The predicted molar refractivity (Wildman–Crippen MR) is 95.4 cm³/mol. The topological polar surface area (TPSA) is 86.9 Å². The molecule has 7 nitrogen and oxygen atoms in total. The highest BCUT2D eigenvalue weighted by Crippen LogP contribution is 2.14. The maximum absolute atomic E-state index is 11.3. The number of hydrogen-bond donors (Lipinski definition) is 2. The average Bonchev–Trinajstić information content (AvgIpc) is 3.06. The smallest absolute Gasteiger partial charge is 0.250 e. The first kappa shape index (κ1) is 17.8. The molecular weight excluding hydrogens is 318 g/mol. The summed E-state index contributed by atoms with van der Waals surface area (Å²) in [6, 6.07) is 1.56. The zero-order valence-corrected chi connectivity index (χ0v) is 14.8. The van der Waals surface area contributed by atoms with E-state index in [0.717, 1.165) is 57.0 Å². The molecule has 1 fully saturated rings. The molecule has 0 saturated carbocycles. The molecule has 0 unspecified atom stereocenters. The lowest BCUT2D eigenvalue weighted by Crippen LogP contribution is -2.42. The van der Waals surface area contributed by atoms with E-state index in [0.29, 0.717) is 0 Å². The van der Waals surface area contributed by atoms with E-state index >= 15 is 0 Å². The highest BCUT2D eigenvalue weighted by molar-refractivity contribution is 5.02. The first-order valence-electron chi connectivity index (χ1n) is 9.13. The van der Waals surface area contributed by atoms with Gasteiger partial charge in [-0.2, -0.15) is 0 Å². The first-order chi connectivity index (χ1) is 12.2. The van der Waals surface area contributed by atoms with E-state index in [9.17, 15) is 4.79 Å².